The molecular weight excluding hydrogens is 464 g/mol. The van der Waals surface area contributed by atoms with Crippen molar-refractivity contribution >= 4 is 28.5 Å². The molecule has 1 aliphatic heterocycles. The smallest absolute Gasteiger partial charge is 0.308 e. The summed E-state index contributed by atoms with van der Waals surface area (Å²) in [6.45, 7) is 1.72. The molecule has 3 aromatic rings. The number of piperidine rings is 1. The first-order chi connectivity index (χ1) is 17.0. The number of likely N-dealkylation sites (tertiary alicyclic amines) is 1. The summed E-state index contributed by atoms with van der Waals surface area (Å²) in [6, 6.07) is 14.8. The molecule has 182 valence electrons. The lowest BCUT2D eigenvalue weighted by Gasteiger charge is -2.36. The molecule has 0 saturated carbocycles. The molecule has 1 aromatic heterocycles. The van der Waals surface area contributed by atoms with Gasteiger partial charge in [0.1, 0.15) is 5.75 Å². The van der Waals surface area contributed by atoms with Crippen molar-refractivity contribution in [3.63, 3.8) is 0 Å². The highest BCUT2D eigenvalue weighted by Gasteiger charge is 2.34. The fourth-order valence-electron chi connectivity index (χ4n) is 4.74. The van der Waals surface area contributed by atoms with Crippen LogP contribution in [0.15, 0.2) is 54.7 Å². The maximum absolute atomic E-state index is 12.0. The molecule has 2 heterocycles. The minimum absolute atomic E-state index is 0.00226. The second-order valence-corrected chi connectivity index (χ2v) is 9.29. The molecule has 2 aromatic carbocycles. The van der Waals surface area contributed by atoms with E-state index in [9.17, 15) is 15.0 Å². The number of halogens is 1. The average molecular weight is 493 g/mol. The molecule has 0 amide bonds. The van der Waals surface area contributed by atoms with Crippen molar-refractivity contribution in [2.75, 3.05) is 26.7 Å². The summed E-state index contributed by atoms with van der Waals surface area (Å²) in [5.41, 5.74) is 2.35. The molecule has 7 heteroatoms. The van der Waals surface area contributed by atoms with Gasteiger partial charge in [-0.2, -0.15) is 0 Å². The number of aliphatic hydroxyl groups is 1. The number of nitrogens with zero attached hydrogens (tertiary/aromatic N) is 2. The summed E-state index contributed by atoms with van der Waals surface area (Å²) in [5.74, 6) is 5.61. The highest BCUT2D eigenvalue weighted by molar-refractivity contribution is 6.31. The van der Waals surface area contributed by atoms with Gasteiger partial charge in [-0.25, -0.2) is 0 Å². The molecule has 1 saturated heterocycles. The lowest BCUT2D eigenvalue weighted by Crippen LogP contribution is -2.44. The zero-order valence-corrected chi connectivity index (χ0v) is 20.4. The number of carbonyl (C=O) groups is 1. The van der Waals surface area contributed by atoms with Crippen LogP contribution in [0.2, 0.25) is 5.02 Å². The van der Waals surface area contributed by atoms with Gasteiger partial charge >= 0.3 is 5.97 Å². The van der Waals surface area contributed by atoms with Crippen molar-refractivity contribution in [3.05, 3.63) is 70.9 Å². The van der Waals surface area contributed by atoms with Crippen molar-refractivity contribution in [1.82, 2.24) is 9.88 Å². The van der Waals surface area contributed by atoms with Crippen LogP contribution in [-0.4, -0.2) is 52.8 Å². The summed E-state index contributed by atoms with van der Waals surface area (Å²) in [4.78, 5) is 18.5. The Bertz CT molecular complexity index is 1250. The molecule has 0 aliphatic carbocycles. The normalized spacial score (nSPS) is 19.1. The molecule has 1 fully saturated rings. The third kappa shape index (κ3) is 6.12. The quantitative estimate of drug-likeness (QED) is 0.462. The van der Waals surface area contributed by atoms with Gasteiger partial charge in [0, 0.05) is 23.7 Å². The van der Waals surface area contributed by atoms with E-state index in [-0.39, 0.29) is 5.92 Å². The van der Waals surface area contributed by atoms with Crippen LogP contribution in [0, 0.1) is 23.7 Å². The van der Waals surface area contributed by atoms with Crippen LogP contribution in [0.3, 0.4) is 0 Å². The van der Waals surface area contributed by atoms with Gasteiger partial charge in [0.15, 0.2) is 0 Å². The van der Waals surface area contributed by atoms with E-state index in [2.05, 4.69) is 21.7 Å². The number of aliphatic hydroxyl groups excluding tert-OH is 1. The van der Waals surface area contributed by atoms with Gasteiger partial charge in [0.2, 0.25) is 0 Å². The van der Waals surface area contributed by atoms with Crippen LogP contribution < -0.4 is 4.74 Å². The largest absolute Gasteiger partial charge is 0.497 e. The van der Waals surface area contributed by atoms with Crippen LogP contribution in [0.5, 0.6) is 5.75 Å². The Morgan fingerprint density at radius 2 is 2.11 bits per heavy atom. The maximum Gasteiger partial charge on any atom is 0.308 e. The van der Waals surface area contributed by atoms with Crippen molar-refractivity contribution in [3.8, 4) is 17.6 Å². The van der Waals surface area contributed by atoms with Crippen LogP contribution in [0.4, 0.5) is 0 Å². The summed E-state index contributed by atoms with van der Waals surface area (Å²) in [7, 11) is 1.61. The van der Waals surface area contributed by atoms with Gasteiger partial charge in [-0.1, -0.05) is 35.6 Å². The van der Waals surface area contributed by atoms with E-state index < -0.39 is 18.0 Å². The first-order valence-corrected chi connectivity index (χ1v) is 12.1. The van der Waals surface area contributed by atoms with E-state index in [1.54, 1.807) is 19.4 Å². The number of carboxylic acids is 1. The number of methoxy groups -OCH3 is 1. The molecular formula is C28H29ClN2O4. The molecule has 0 spiro atoms. The number of hydrogen-bond acceptors (Lipinski definition) is 5. The first-order valence-electron chi connectivity index (χ1n) is 11.8. The van der Waals surface area contributed by atoms with Gasteiger partial charge in [-0.05, 0) is 73.7 Å². The van der Waals surface area contributed by atoms with Crippen LogP contribution >= 0.6 is 11.6 Å². The zero-order chi connectivity index (χ0) is 24.8. The van der Waals surface area contributed by atoms with Gasteiger partial charge in [-0.3, -0.25) is 14.7 Å². The number of benzene rings is 2. The lowest BCUT2D eigenvalue weighted by atomic mass is 9.81. The third-order valence-corrected chi connectivity index (χ3v) is 7.04. The number of fused-ring (bicyclic) bond motifs is 1. The SMILES string of the molecule is COc1ccc2nccc([C@@H](O)CC[C@@H]3CCN(CC#Cc4ccccc4Cl)C[C@@H]3C(=O)O)c2c1. The number of pyridine rings is 1. The van der Waals surface area contributed by atoms with Gasteiger partial charge in [0.05, 0.1) is 36.2 Å². The number of aromatic nitrogens is 1. The van der Waals surface area contributed by atoms with Gasteiger partial charge in [0.25, 0.3) is 0 Å². The van der Waals surface area contributed by atoms with E-state index in [4.69, 9.17) is 16.3 Å². The first kappa shape index (κ1) is 25.0. The van der Waals surface area contributed by atoms with Crippen molar-refractivity contribution in [2.45, 2.75) is 25.4 Å². The summed E-state index contributed by atoms with van der Waals surface area (Å²) in [6.07, 6.45) is 2.85. The van der Waals surface area contributed by atoms with Gasteiger partial charge in [-0.15, -0.1) is 0 Å². The number of ether oxygens (including phenoxy) is 1. The van der Waals surface area contributed by atoms with E-state index >= 15 is 0 Å². The average Bonchev–Trinajstić information content (AvgIpc) is 2.88. The second kappa shape index (κ2) is 11.5. The van der Waals surface area contributed by atoms with Gasteiger partial charge < -0.3 is 14.9 Å². The monoisotopic (exact) mass is 492 g/mol. The minimum atomic E-state index is -0.799. The molecule has 4 rings (SSSR count). The second-order valence-electron chi connectivity index (χ2n) is 8.89. The highest BCUT2D eigenvalue weighted by Crippen LogP contribution is 2.33. The maximum atomic E-state index is 12.0. The predicted molar refractivity (Wildman–Crippen MR) is 136 cm³/mol. The fourth-order valence-corrected chi connectivity index (χ4v) is 4.92. The number of aliphatic carboxylic acids is 1. The molecule has 3 atom stereocenters. The molecule has 1 aliphatic rings. The highest BCUT2D eigenvalue weighted by atomic mass is 35.5. The zero-order valence-electron chi connectivity index (χ0n) is 19.7. The van der Waals surface area contributed by atoms with Crippen molar-refractivity contribution < 1.29 is 19.7 Å². The molecule has 6 nitrogen and oxygen atoms in total. The standard InChI is InChI=1S/C28H29ClN2O4/c1-35-21-9-10-26-23(17-21)22(12-14-30-26)27(32)11-8-19-13-16-31(18-24(19)28(33)34)15-4-6-20-5-2-3-7-25(20)29/h2-3,5,7,9-10,12,14,17,19,24,27,32H,8,11,13,15-16,18H2,1H3,(H,33,34)/t19-,24+,27+/m1/s1. The summed E-state index contributed by atoms with van der Waals surface area (Å²) < 4.78 is 5.33. The number of carboxylic acid groups (broad SMARTS) is 1. The van der Waals surface area contributed by atoms with Crippen molar-refractivity contribution in [2.24, 2.45) is 11.8 Å². The van der Waals surface area contributed by atoms with E-state index in [0.717, 1.165) is 35.0 Å². The molecule has 0 unspecified atom stereocenters. The number of rotatable bonds is 7. The summed E-state index contributed by atoms with van der Waals surface area (Å²) >= 11 is 6.16. The van der Waals surface area contributed by atoms with E-state index in [1.807, 2.05) is 42.5 Å². The van der Waals surface area contributed by atoms with E-state index in [1.165, 1.54) is 0 Å². The topological polar surface area (TPSA) is 82.9 Å². The predicted octanol–water partition coefficient (Wildman–Crippen LogP) is 4.78. The Labute approximate surface area is 210 Å². The molecule has 0 bridgehead atoms. The third-order valence-electron chi connectivity index (χ3n) is 6.71. The Balaban J connectivity index is 1.38. The Hall–Kier alpha value is -3.11. The van der Waals surface area contributed by atoms with E-state index in [0.29, 0.717) is 36.7 Å². The van der Waals surface area contributed by atoms with Crippen molar-refractivity contribution in [1.29, 1.82) is 0 Å². The Kier molecular flexibility index (Phi) is 8.25. The van der Waals surface area contributed by atoms with Crippen LogP contribution in [0.25, 0.3) is 10.9 Å². The van der Waals surface area contributed by atoms with Crippen LogP contribution in [0.1, 0.15) is 36.5 Å². The minimum Gasteiger partial charge on any atom is -0.497 e. The molecule has 2 N–H and O–H groups in total. The fraction of sp³-hybridized carbons (Fsp3) is 0.357. The number of hydrogen-bond donors (Lipinski definition) is 2. The molecule has 0 radical (unpaired) electrons. The Morgan fingerprint density at radius 3 is 2.89 bits per heavy atom. The molecule has 35 heavy (non-hydrogen) atoms. The summed E-state index contributed by atoms with van der Waals surface area (Å²) in [5, 5.41) is 22.3. The van der Waals surface area contributed by atoms with Crippen LogP contribution in [-0.2, 0) is 4.79 Å². The lowest BCUT2D eigenvalue weighted by molar-refractivity contribution is -0.146. The Morgan fingerprint density at radius 1 is 1.29 bits per heavy atom.